The molecule has 0 amide bonds. The zero-order valence-electron chi connectivity index (χ0n) is 9.40. The second-order valence-corrected chi connectivity index (χ2v) is 5.81. The van der Waals surface area contributed by atoms with Crippen LogP contribution in [0.15, 0.2) is 11.6 Å². The van der Waals surface area contributed by atoms with Crippen molar-refractivity contribution in [3.8, 4) is 0 Å². The molecule has 1 aromatic rings. The molecule has 2 rings (SSSR count). The van der Waals surface area contributed by atoms with Gasteiger partial charge in [0.1, 0.15) is 5.01 Å². The fourth-order valence-corrected chi connectivity index (χ4v) is 2.66. The normalized spacial score (nSPS) is 30.9. The van der Waals surface area contributed by atoms with Gasteiger partial charge < -0.3 is 10.4 Å². The molecule has 1 aromatic heterocycles. The van der Waals surface area contributed by atoms with E-state index in [1.165, 1.54) is 0 Å². The number of aliphatic hydroxyl groups excluding tert-OH is 1. The predicted molar refractivity (Wildman–Crippen MR) is 61.9 cm³/mol. The van der Waals surface area contributed by atoms with Crippen molar-refractivity contribution in [2.24, 2.45) is 5.41 Å². The maximum atomic E-state index is 9.64. The van der Waals surface area contributed by atoms with E-state index in [1.807, 2.05) is 11.6 Å². The third-order valence-corrected chi connectivity index (χ3v) is 4.45. The second-order valence-electron chi connectivity index (χ2n) is 4.88. The Morgan fingerprint density at radius 3 is 2.87 bits per heavy atom. The molecule has 3 nitrogen and oxygen atoms in total. The average molecular weight is 226 g/mol. The Kier molecular flexibility index (Phi) is 2.83. The highest BCUT2D eigenvalue weighted by molar-refractivity contribution is 7.09. The molecule has 0 aliphatic heterocycles. The molecule has 0 aromatic carbocycles. The van der Waals surface area contributed by atoms with E-state index >= 15 is 0 Å². The molecular weight excluding hydrogens is 208 g/mol. The van der Waals surface area contributed by atoms with Crippen molar-refractivity contribution in [3.05, 3.63) is 16.6 Å². The van der Waals surface area contributed by atoms with E-state index in [9.17, 15) is 5.11 Å². The summed E-state index contributed by atoms with van der Waals surface area (Å²) in [5.74, 6) is 0. The van der Waals surface area contributed by atoms with Gasteiger partial charge >= 0.3 is 0 Å². The molecular formula is C11H18N2OS. The van der Waals surface area contributed by atoms with E-state index in [0.717, 1.165) is 11.4 Å². The first-order chi connectivity index (χ1) is 7.01. The molecule has 3 unspecified atom stereocenters. The maximum Gasteiger partial charge on any atom is 0.109 e. The van der Waals surface area contributed by atoms with Gasteiger partial charge in [-0.15, -0.1) is 11.3 Å². The summed E-state index contributed by atoms with van der Waals surface area (Å²) in [6.07, 6.45) is 2.51. The van der Waals surface area contributed by atoms with Crippen molar-refractivity contribution in [1.29, 1.82) is 0 Å². The molecule has 1 aliphatic rings. The predicted octanol–water partition coefficient (Wildman–Crippen LogP) is 1.95. The van der Waals surface area contributed by atoms with Gasteiger partial charge in [0, 0.05) is 23.0 Å². The van der Waals surface area contributed by atoms with Crippen LogP contribution in [-0.4, -0.2) is 22.2 Å². The van der Waals surface area contributed by atoms with Gasteiger partial charge in [-0.2, -0.15) is 0 Å². The number of aliphatic hydroxyl groups is 1. The van der Waals surface area contributed by atoms with Crippen LogP contribution >= 0.6 is 11.3 Å². The van der Waals surface area contributed by atoms with E-state index in [2.05, 4.69) is 31.1 Å². The van der Waals surface area contributed by atoms with E-state index < -0.39 is 0 Å². The molecule has 0 spiro atoms. The van der Waals surface area contributed by atoms with Crippen LogP contribution in [0.4, 0.5) is 0 Å². The van der Waals surface area contributed by atoms with Gasteiger partial charge in [-0.05, 0) is 13.3 Å². The number of rotatable bonds is 3. The van der Waals surface area contributed by atoms with Gasteiger partial charge in [-0.1, -0.05) is 13.8 Å². The van der Waals surface area contributed by atoms with Gasteiger partial charge in [0.05, 0.1) is 12.1 Å². The number of hydrogen-bond acceptors (Lipinski definition) is 4. The lowest BCUT2D eigenvalue weighted by Crippen LogP contribution is -2.60. The molecule has 4 heteroatoms. The Hall–Kier alpha value is -0.450. The number of hydrogen-bond donors (Lipinski definition) is 2. The minimum absolute atomic E-state index is 0.00841. The lowest BCUT2D eigenvalue weighted by molar-refractivity contribution is -0.0754. The summed E-state index contributed by atoms with van der Waals surface area (Å²) in [7, 11) is 0. The molecule has 0 bridgehead atoms. The van der Waals surface area contributed by atoms with Gasteiger partial charge in [-0.3, -0.25) is 0 Å². The molecule has 1 fully saturated rings. The van der Waals surface area contributed by atoms with Crippen LogP contribution in [0.25, 0.3) is 0 Å². The van der Waals surface area contributed by atoms with Crippen molar-refractivity contribution in [2.75, 3.05) is 0 Å². The SMILES string of the molecule is CC(NC1CC(O)C1(C)C)c1nccs1. The van der Waals surface area contributed by atoms with Crippen LogP contribution in [0.2, 0.25) is 0 Å². The van der Waals surface area contributed by atoms with Crippen LogP contribution in [0.5, 0.6) is 0 Å². The first-order valence-corrected chi connectivity index (χ1v) is 6.23. The number of nitrogens with one attached hydrogen (secondary N) is 1. The largest absolute Gasteiger partial charge is 0.392 e. The molecule has 0 saturated heterocycles. The van der Waals surface area contributed by atoms with Crippen LogP contribution < -0.4 is 5.32 Å². The molecule has 15 heavy (non-hydrogen) atoms. The summed E-state index contributed by atoms with van der Waals surface area (Å²) in [5, 5.41) is 16.3. The third-order valence-electron chi connectivity index (χ3n) is 3.49. The lowest BCUT2D eigenvalue weighted by Gasteiger charge is -2.50. The highest BCUT2D eigenvalue weighted by Crippen LogP contribution is 2.41. The highest BCUT2D eigenvalue weighted by atomic mass is 32.1. The van der Waals surface area contributed by atoms with Gasteiger partial charge in [-0.25, -0.2) is 4.98 Å². The summed E-state index contributed by atoms with van der Waals surface area (Å²) in [5.41, 5.74) is -0.00841. The number of nitrogens with zero attached hydrogens (tertiary/aromatic N) is 1. The van der Waals surface area contributed by atoms with E-state index in [0.29, 0.717) is 6.04 Å². The molecule has 2 N–H and O–H groups in total. The quantitative estimate of drug-likeness (QED) is 0.828. The molecule has 0 radical (unpaired) electrons. The van der Waals surface area contributed by atoms with Crippen LogP contribution in [0.3, 0.4) is 0 Å². The summed E-state index contributed by atoms with van der Waals surface area (Å²) >= 11 is 1.67. The summed E-state index contributed by atoms with van der Waals surface area (Å²) in [6, 6.07) is 0.674. The molecule has 1 aliphatic carbocycles. The summed E-state index contributed by atoms with van der Waals surface area (Å²) in [6.45, 7) is 6.33. The Balaban J connectivity index is 1.94. The molecule has 3 atom stereocenters. The molecule has 1 heterocycles. The lowest BCUT2D eigenvalue weighted by atomic mass is 9.64. The van der Waals surface area contributed by atoms with Crippen molar-refractivity contribution < 1.29 is 5.11 Å². The molecule has 84 valence electrons. The third kappa shape index (κ3) is 1.94. The van der Waals surface area contributed by atoms with Crippen molar-refractivity contribution >= 4 is 11.3 Å². The topological polar surface area (TPSA) is 45.1 Å². The van der Waals surface area contributed by atoms with Crippen molar-refractivity contribution in [3.63, 3.8) is 0 Å². The standard InChI is InChI=1S/C11H18N2OS/c1-7(10-12-4-5-15-10)13-8-6-9(14)11(8,2)3/h4-5,7-9,13-14H,6H2,1-3H3. The van der Waals surface area contributed by atoms with Gasteiger partial charge in [0.25, 0.3) is 0 Å². The fourth-order valence-electron chi connectivity index (χ4n) is 2.01. The van der Waals surface area contributed by atoms with E-state index in [1.54, 1.807) is 11.3 Å². The minimum Gasteiger partial charge on any atom is -0.392 e. The number of thiazole rings is 1. The summed E-state index contributed by atoms with van der Waals surface area (Å²) in [4.78, 5) is 4.29. The zero-order valence-corrected chi connectivity index (χ0v) is 10.2. The first kappa shape index (κ1) is 11.0. The van der Waals surface area contributed by atoms with Gasteiger partial charge in [0.2, 0.25) is 0 Å². The Morgan fingerprint density at radius 2 is 2.40 bits per heavy atom. The number of aromatic nitrogens is 1. The smallest absolute Gasteiger partial charge is 0.109 e. The zero-order chi connectivity index (χ0) is 11.1. The molecule has 1 saturated carbocycles. The Bertz CT molecular complexity index is 323. The fraction of sp³-hybridized carbons (Fsp3) is 0.727. The van der Waals surface area contributed by atoms with Crippen LogP contribution in [-0.2, 0) is 0 Å². The van der Waals surface area contributed by atoms with Crippen LogP contribution in [0.1, 0.15) is 38.2 Å². The Labute approximate surface area is 94.5 Å². The minimum atomic E-state index is -0.168. The van der Waals surface area contributed by atoms with Crippen LogP contribution in [0, 0.1) is 5.41 Å². The van der Waals surface area contributed by atoms with E-state index in [-0.39, 0.29) is 17.6 Å². The Morgan fingerprint density at radius 1 is 1.67 bits per heavy atom. The van der Waals surface area contributed by atoms with Gasteiger partial charge in [0.15, 0.2) is 0 Å². The maximum absolute atomic E-state index is 9.64. The average Bonchev–Trinajstić information content (AvgIpc) is 2.70. The van der Waals surface area contributed by atoms with E-state index in [4.69, 9.17) is 0 Å². The van der Waals surface area contributed by atoms with Crippen molar-refractivity contribution in [2.45, 2.75) is 45.4 Å². The summed E-state index contributed by atoms with van der Waals surface area (Å²) < 4.78 is 0. The monoisotopic (exact) mass is 226 g/mol. The first-order valence-electron chi connectivity index (χ1n) is 5.35. The highest BCUT2D eigenvalue weighted by Gasteiger charge is 2.47. The van der Waals surface area contributed by atoms with Crippen molar-refractivity contribution in [1.82, 2.24) is 10.3 Å². The second kappa shape index (κ2) is 3.85.